The maximum absolute atomic E-state index is 8.81. The van der Waals surface area contributed by atoms with Crippen molar-refractivity contribution in [2.45, 2.75) is 39.0 Å². The molecule has 1 heteroatoms. The van der Waals surface area contributed by atoms with Gasteiger partial charge in [0.05, 0.1) is 11.6 Å². The molecule has 1 aromatic carbocycles. The molecule has 0 aromatic heterocycles. The van der Waals surface area contributed by atoms with E-state index in [1.165, 1.54) is 12.0 Å². The Labute approximate surface area is 86.4 Å². The van der Waals surface area contributed by atoms with Gasteiger partial charge < -0.3 is 0 Å². The third-order valence-electron chi connectivity index (χ3n) is 2.65. The summed E-state index contributed by atoms with van der Waals surface area (Å²) in [5, 5.41) is 8.81. The van der Waals surface area contributed by atoms with Gasteiger partial charge in [-0.05, 0) is 29.5 Å². The van der Waals surface area contributed by atoms with Gasteiger partial charge in [0.1, 0.15) is 0 Å². The molecule has 0 amide bonds. The number of hydrogen-bond acceptors (Lipinski definition) is 1. The van der Waals surface area contributed by atoms with Gasteiger partial charge in [0.25, 0.3) is 0 Å². The highest BCUT2D eigenvalue weighted by Gasteiger charge is 2.19. The Morgan fingerprint density at radius 2 is 2.07 bits per heavy atom. The molecule has 0 fully saturated rings. The molecule has 1 nitrogen and oxygen atoms in total. The molecule has 0 saturated heterocycles. The van der Waals surface area contributed by atoms with Crippen molar-refractivity contribution in [1.29, 1.82) is 5.26 Å². The van der Waals surface area contributed by atoms with Crippen LogP contribution in [0.25, 0.3) is 0 Å². The molecule has 0 N–H and O–H groups in total. The molecule has 1 aromatic rings. The Morgan fingerprint density at radius 3 is 2.64 bits per heavy atom. The predicted molar refractivity (Wildman–Crippen MR) is 59.1 cm³/mol. The fourth-order valence-electron chi connectivity index (χ4n) is 1.78. The Hall–Kier alpha value is -1.29. The molecule has 0 aliphatic rings. The summed E-state index contributed by atoms with van der Waals surface area (Å²) in [5.74, 6) is 0. The van der Waals surface area contributed by atoms with Gasteiger partial charge in [-0.1, -0.05) is 39.3 Å². The minimum atomic E-state index is 0.182. The largest absolute Gasteiger partial charge is 0.192 e. The van der Waals surface area contributed by atoms with E-state index in [0.29, 0.717) is 0 Å². The lowest BCUT2D eigenvalue weighted by Crippen LogP contribution is -2.16. The highest BCUT2D eigenvalue weighted by Crippen LogP contribution is 2.28. The van der Waals surface area contributed by atoms with Gasteiger partial charge in [-0.15, -0.1) is 0 Å². The van der Waals surface area contributed by atoms with Crippen LogP contribution in [-0.2, 0) is 5.41 Å². The van der Waals surface area contributed by atoms with Crippen LogP contribution in [0.3, 0.4) is 0 Å². The van der Waals surface area contributed by atoms with Crippen molar-refractivity contribution >= 4 is 0 Å². The quantitative estimate of drug-likeness (QED) is 0.708. The van der Waals surface area contributed by atoms with Gasteiger partial charge in [0, 0.05) is 0 Å². The number of benzene rings is 1. The average molecular weight is 187 g/mol. The van der Waals surface area contributed by atoms with E-state index in [4.69, 9.17) is 5.26 Å². The summed E-state index contributed by atoms with van der Waals surface area (Å²) >= 11 is 0. The lowest BCUT2D eigenvalue weighted by molar-refractivity contribution is 0.473. The molecule has 0 atom stereocenters. The lowest BCUT2D eigenvalue weighted by Gasteiger charge is -2.24. The Balaban J connectivity index is 3.01. The molecular weight excluding hydrogens is 170 g/mol. The Kier molecular flexibility index (Phi) is 3.30. The minimum absolute atomic E-state index is 0.182. The van der Waals surface area contributed by atoms with Crippen LogP contribution in [-0.4, -0.2) is 0 Å². The first-order valence-electron chi connectivity index (χ1n) is 5.11. The maximum Gasteiger partial charge on any atom is 0.0991 e. The molecule has 0 heterocycles. The van der Waals surface area contributed by atoms with Crippen LogP contribution < -0.4 is 0 Å². The number of nitrogens with zero attached hydrogens (tertiary/aromatic N) is 1. The van der Waals surface area contributed by atoms with Gasteiger partial charge in [0.2, 0.25) is 0 Å². The third-order valence-corrected chi connectivity index (χ3v) is 2.65. The standard InChI is InChI=1S/C13H17N/c1-4-8-13(2,3)12-7-5-6-11(9-12)10-14/h5-7,9H,4,8H2,1-3H3. The monoisotopic (exact) mass is 187 g/mol. The fraction of sp³-hybridized carbons (Fsp3) is 0.462. The van der Waals surface area contributed by atoms with E-state index in [1.807, 2.05) is 18.2 Å². The summed E-state index contributed by atoms with van der Waals surface area (Å²) in [4.78, 5) is 0. The van der Waals surface area contributed by atoms with Crippen molar-refractivity contribution in [3.05, 3.63) is 35.4 Å². The van der Waals surface area contributed by atoms with Crippen molar-refractivity contribution < 1.29 is 0 Å². The molecule has 0 aliphatic carbocycles. The summed E-state index contributed by atoms with van der Waals surface area (Å²) in [6, 6.07) is 10.1. The van der Waals surface area contributed by atoms with Crippen LogP contribution in [0.15, 0.2) is 24.3 Å². The molecular formula is C13H17N. The first kappa shape index (κ1) is 10.8. The summed E-state index contributed by atoms with van der Waals surface area (Å²) in [5.41, 5.74) is 2.20. The van der Waals surface area contributed by atoms with E-state index in [-0.39, 0.29) is 5.41 Å². The normalized spacial score (nSPS) is 11.0. The van der Waals surface area contributed by atoms with Crippen molar-refractivity contribution in [2.24, 2.45) is 0 Å². The number of rotatable bonds is 3. The zero-order valence-electron chi connectivity index (χ0n) is 9.17. The van der Waals surface area contributed by atoms with Crippen molar-refractivity contribution in [2.75, 3.05) is 0 Å². The second kappa shape index (κ2) is 4.28. The van der Waals surface area contributed by atoms with Gasteiger partial charge in [-0.25, -0.2) is 0 Å². The topological polar surface area (TPSA) is 23.8 Å². The van der Waals surface area contributed by atoms with Gasteiger partial charge in [0.15, 0.2) is 0 Å². The van der Waals surface area contributed by atoms with Gasteiger partial charge >= 0.3 is 0 Å². The summed E-state index contributed by atoms with van der Waals surface area (Å²) < 4.78 is 0. The molecule has 0 saturated carbocycles. The SMILES string of the molecule is CCCC(C)(C)c1cccc(C#N)c1. The predicted octanol–water partition coefficient (Wildman–Crippen LogP) is 3.64. The van der Waals surface area contributed by atoms with Crippen LogP contribution in [0.4, 0.5) is 0 Å². The molecule has 0 radical (unpaired) electrons. The third kappa shape index (κ3) is 2.35. The molecule has 1 rings (SSSR count). The molecule has 0 bridgehead atoms. The summed E-state index contributed by atoms with van der Waals surface area (Å²) in [6.07, 6.45) is 2.33. The second-order valence-corrected chi connectivity index (χ2v) is 4.33. The van der Waals surface area contributed by atoms with Crippen LogP contribution in [0, 0.1) is 11.3 Å². The Morgan fingerprint density at radius 1 is 1.36 bits per heavy atom. The van der Waals surface area contributed by atoms with E-state index in [9.17, 15) is 0 Å². The highest BCUT2D eigenvalue weighted by atomic mass is 14.3. The van der Waals surface area contributed by atoms with E-state index >= 15 is 0 Å². The second-order valence-electron chi connectivity index (χ2n) is 4.33. The van der Waals surface area contributed by atoms with Gasteiger partial charge in [-0.3, -0.25) is 0 Å². The van der Waals surface area contributed by atoms with E-state index in [2.05, 4.69) is 32.9 Å². The van der Waals surface area contributed by atoms with Crippen molar-refractivity contribution in [3.63, 3.8) is 0 Å². The molecule has 14 heavy (non-hydrogen) atoms. The minimum Gasteiger partial charge on any atom is -0.192 e. The summed E-state index contributed by atoms with van der Waals surface area (Å²) in [7, 11) is 0. The van der Waals surface area contributed by atoms with Crippen LogP contribution in [0.2, 0.25) is 0 Å². The van der Waals surface area contributed by atoms with Crippen molar-refractivity contribution in [3.8, 4) is 6.07 Å². The van der Waals surface area contributed by atoms with E-state index in [1.54, 1.807) is 0 Å². The van der Waals surface area contributed by atoms with E-state index < -0.39 is 0 Å². The van der Waals surface area contributed by atoms with E-state index in [0.717, 1.165) is 12.0 Å². The van der Waals surface area contributed by atoms with Crippen LogP contribution in [0.5, 0.6) is 0 Å². The molecule has 0 spiro atoms. The fourth-order valence-corrected chi connectivity index (χ4v) is 1.78. The van der Waals surface area contributed by atoms with Crippen molar-refractivity contribution in [1.82, 2.24) is 0 Å². The molecule has 74 valence electrons. The lowest BCUT2D eigenvalue weighted by atomic mass is 9.80. The Bertz CT molecular complexity index is 344. The summed E-state index contributed by atoms with van der Waals surface area (Å²) in [6.45, 7) is 6.65. The number of hydrogen-bond donors (Lipinski definition) is 0. The highest BCUT2D eigenvalue weighted by molar-refractivity contribution is 5.35. The zero-order chi connectivity index (χ0) is 10.6. The molecule has 0 unspecified atom stereocenters. The molecule has 0 aliphatic heterocycles. The van der Waals surface area contributed by atoms with Gasteiger partial charge in [-0.2, -0.15) is 5.26 Å². The first-order valence-corrected chi connectivity index (χ1v) is 5.11. The smallest absolute Gasteiger partial charge is 0.0991 e. The maximum atomic E-state index is 8.81. The number of nitriles is 1. The van der Waals surface area contributed by atoms with Crippen LogP contribution >= 0.6 is 0 Å². The average Bonchev–Trinajstić information content (AvgIpc) is 2.18. The van der Waals surface area contributed by atoms with Crippen LogP contribution in [0.1, 0.15) is 44.7 Å². The zero-order valence-corrected chi connectivity index (χ0v) is 9.17. The first-order chi connectivity index (χ1) is 6.60.